The highest BCUT2D eigenvalue weighted by Gasteiger charge is 2.36. The maximum absolute atomic E-state index is 5.76. The predicted octanol–water partition coefficient (Wildman–Crippen LogP) is 15.3. The average molecular weight is 1410 g/mol. The van der Waals surface area contributed by atoms with Gasteiger partial charge in [0.1, 0.15) is 0 Å². The Hall–Kier alpha value is -0.640. The van der Waals surface area contributed by atoms with E-state index < -0.39 is 0 Å². The van der Waals surface area contributed by atoms with Crippen LogP contribution in [0.3, 0.4) is 0 Å². The molecule has 8 aliphatic rings. The number of ether oxygens (including phenoxy) is 9. The van der Waals surface area contributed by atoms with Gasteiger partial charge in [0.2, 0.25) is 0 Å². The van der Waals surface area contributed by atoms with Gasteiger partial charge in [0, 0.05) is 126 Å². The average Bonchev–Trinajstić information content (AvgIpc) is 1.77. The van der Waals surface area contributed by atoms with Gasteiger partial charge in [-0.2, -0.15) is 0 Å². The molecule has 592 valence electrons. The van der Waals surface area contributed by atoms with E-state index >= 15 is 0 Å². The van der Waals surface area contributed by atoms with Crippen LogP contribution in [0.15, 0.2) is 0 Å². The minimum Gasteiger partial charge on any atom is -0.384 e. The molecule has 7 heterocycles. The van der Waals surface area contributed by atoms with Crippen LogP contribution in [-0.2, 0) is 42.6 Å². The van der Waals surface area contributed by atoms with Gasteiger partial charge in [-0.15, -0.1) is 0 Å². The van der Waals surface area contributed by atoms with E-state index in [1.54, 1.807) is 21.3 Å². The molecule has 16 heteroatoms. The number of hydrogen-bond donors (Lipinski definition) is 0. The van der Waals surface area contributed by atoms with Crippen molar-refractivity contribution in [3.05, 3.63) is 0 Å². The molecule has 0 aromatic rings. The van der Waals surface area contributed by atoms with Crippen LogP contribution in [0.2, 0.25) is 0 Å². The van der Waals surface area contributed by atoms with Gasteiger partial charge >= 0.3 is 0 Å². The molecule has 0 N–H and O–H groups in total. The molecule has 1 aliphatic carbocycles. The molecule has 0 amide bonds. The Morgan fingerprint density at radius 3 is 0.899 bits per heavy atom. The lowest BCUT2D eigenvalue weighted by atomic mass is 9.88. The Kier molecular flexibility index (Phi) is 60.5. The third kappa shape index (κ3) is 47.6. The van der Waals surface area contributed by atoms with Crippen molar-refractivity contribution in [2.45, 2.75) is 250 Å². The Morgan fingerprint density at radius 2 is 0.606 bits per heavy atom. The van der Waals surface area contributed by atoms with Crippen LogP contribution < -0.4 is 0 Å². The molecule has 0 aromatic heterocycles. The topological polar surface area (TPSA) is 106 Å². The molecule has 16 nitrogen and oxygen atoms in total. The third-order valence-corrected chi connectivity index (χ3v) is 21.7. The summed E-state index contributed by atoms with van der Waals surface area (Å²) >= 11 is 0. The summed E-state index contributed by atoms with van der Waals surface area (Å²) in [4.78, 5) is 18.2. The Balaban J connectivity index is 0.000000394. The molecule has 0 spiro atoms. The van der Waals surface area contributed by atoms with E-state index in [0.717, 1.165) is 145 Å². The van der Waals surface area contributed by atoms with Crippen LogP contribution in [0.25, 0.3) is 0 Å². The summed E-state index contributed by atoms with van der Waals surface area (Å²) in [6.45, 7) is 67.7. The maximum Gasteiger partial charge on any atom is 0.0704 e. The second-order valence-corrected chi connectivity index (χ2v) is 31.6. The molecule has 0 bridgehead atoms. The molecule has 0 radical (unpaired) electrons. The fourth-order valence-electron chi connectivity index (χ4n) is 16.0. The van der Waals surface area contributed by atoms with Crippen LogP contribution in [0.4, 0.5) is 0 Å². The highest BCUT2D eigenvalue weighted by Crippen LogP contribution is 2.37. The van der Waals surface area contributed by atoms with Gasteiger partial charge < -0.3 is 76.9 Å². The fraction of sp³-hybridized carbons (Fsp3) is 1.00. The molecular formula is C83H171N7O9. The number of piperidine rings is 7. The lowest BCUT2D eigenvalue weighted by molar-refractivity contribution is -0.0206. The smallest absolute Gasteiger partial charge is 0.0704 e. The largest absolute Gasteiger partial charge is 0.384 e. The summed E-state index contributed by atoms with van der Waals surface area (Å²) < 4.78 is 48.5. The summed E-state index contributed by atoms with van der Waals surface area (Å²) in [6, 6.07) is 0.887. The quantitative estimate of drug-likeness (QED) is 0.0555. The van der Waals surface area contributed by atoms with E-state index in [0.29, 0.717) is 12.2 Å². The number of rotatable bonds is 36. The summed E-state index contributed by atoms with van der Waals surface area (Å²) in [7, 11) is 5.33. The van der Waals surface area contributed by atoms with Gasteiger partial charge in [-0.25, -0.2) is 0 Å². The first kappa shape index (κ1) is 94.4. The van der Waals surface area contributed by atoms with Gasteiger partial charge in [-0.1, -0.05) is 75.7 Å². The van der Waals surface area contributed by atoms with E-state index in [9.17, 15) is 0 Å². The van der Waals surface area contributed by atoms with Gasteiger partial charge in [0.05, 0.1) is 38.6 Å². The van der Waals surface area contributed by atoms with E-state index in [-0.39, 0.29) is 0 Å². The van der Waals surface area contributed by atoms with Gasteiger partial charge in [0.25, 0.3) is 0 Å². The van der Waals surface area contributed by atoms with Crippen LogP contribution in [-0.4, -0.2) is 291 Å². The fourth-order valence-corrected chi connectivity index (χ4v) is 16.0. The number of hydrogen-bond acceptors (Lipinski definition) is 16. The third-order valence-electron chi connectivity index (χ3n) is 21.7. The SMILES string of the molecule is CCCN1CCC(COC)CC1.CCCN1CCC(COCC)CC1.CCCN1CCC(OCCOC)CC1.CCCN1CCC(OCCOCC)CC1.CCOCC1CCN(CC(C)C)CC1.CCOCC1CCN([C@H]2CCC[C@@H]2C(C)C)CC1.COCC1CCN(CC(C)C)CC1. The molecule has 0 unspecified atom stereocenters. The predicted molar refractivity (Wildman–Crippen MR) is 420 cm³/mol. The minimum atomic E-state index is 0.471. The zero-order valence-corrected chi connectivity index (χ0v) is 68.9. The standard InChI is InChI=1S/C16H31NO.C12H25NO2.C12H25NO.C11H23NO2.2C11H23NO.C10H21NO/c1-4-18-12-14-8-10-17(11-9-14)16-7-5-6-15(16)13(2)3;1-3-7-13-8-5-12(6-9-13)15-11-10-14-4-2;1-4-14-10-12-5-7-13(8-6-12)9-11(2)3;1-3-6-12-7-4-11(5-8-12)14-10-9-13-2;1-10(2)8-12-6-4-11(5-7-12)9-13-3;1-3-7-12-8-5-11(6-9-12)10-13-4-2;1-3-6-11-7-4-10(5-8-11)9-12-2/h13-16H,4-12H2,1-3H3;12H,3-11H2,1-2H3;11-12H,4-10H2,1-3H3;11H,3-10H2,1-2H3;10-11H,4-9H2,1-3H3;11H,3-10H2,1-2H3;10H,3-9H2,1-2H3/t15-,16+;;;;;;/m1....../s1. The minimum absolute atomic E-state index is 0.471. The van der Waals surface area contributed by atoms with Crippen LogP contribution in [0.1, 0.15) is 232 Å². The maximum atomic E-state index is 5.76. The molecule has 2 atom stereocenters. The number of likely N-dealkylation sites (tertiary alicyclic amines) is 7. The van der Waals surface area contributed by atoms with Crippen molar-refractivity contribution in [3.63, 3.8) is 0 Å². The summed E-state index contributed by atoms with van der Waals surface area (Å²) in [6.07, 6.45) is 28.4. The first-order valence-electron chi connectivity index (χ1n) is 42.2. The molecule has 8 fully saturated rings. The van der Waals surface area contributed by atoms with Gasteiger partial charge in [-0.3, -0.25) is 0 Å². The van der Waals surface area contributed by atoms with E-state index in [4.69, 9.17) is 42.6 Å². The molecule has 8 rings (SSSR count). The Labute approximate surface area is 615 Å². The van der Waals surface area contributed by atoms with Crippen LogP contribution in [0, 0.1) is 53.3 Å². The Morgan fingerprint density at radius 1 is 0.303 bits per heavy atom. The normalized spacial score (nSPS) is 22.5. The Bertz CT molecular complexity index is 1660. The zero-order valence-electron chi connectivity index (χ0n) is 68.9. The summed E-state index contributed by atoms with van der Waals surface area (Å²) in [5.41, 5.74) is 0. The van der Waals surface area contributed by atoms with Crippen molar-refractivity contribution in [3.8, 4) is 0 Å². The van der Waals surface area contributed by atoms with Gasteiger partial charge in [-0.05, 0) is 301 Å². The first-order valence-corrected chi connectivity index (χ1v) is 42.2. The van der Waals surface area contributed by atoms with Crippen molar-refractivity contribution in [2.75, 3.05) is 238 Å². The van der Waals surface area contributed by atoms with Crippen molar-refractivity contribution in [1.29, 1.82) is 0 Å². The molecular weight excluding hydrogens is 1240 g/mol. The highest BCUT2D eigenvalue weighted by molar-refractivity contribution is 4.89. The number of nitrogens with zero attached hydrogens (tertiary/aromatic N) is 7. The molecule has 7 saturated heterocycles. The molecule has 0 aromatic carbocycles. The van der Waals surface area contributed by atoms with E-state index in [1.807, 2.05) is 6.92 Å². The second kappa shape index (κ2) is 63.5. The lowest BCUT2D eigenvalue weighted by Gasteiger charge is -2.39. The van der Waals surface area contributed by atoms with Crippen molar-refractivity contribution < 1.29 is 42.6 Å². The monoisotopic (exact) mass is 1410 g/mol. The summed E-state index contributed by atoms with van der Waals surface area (Å²) in [5, 5.41) is 0. The van der Waals surface area contributed by atoms with Crippen molar-refractivity contribution in [1.82, 2.24) is 34.3 Å². The molecule has 1 saturated carbocycles. The van der Waals surface area contributed by atoms with E-state index in [1.165, 1.54) is 266 Å². The highest BCUT2D eigenvalue weighted by atomic mass is 16.5. The molecule has 99 heavy (non-hydrogen) atoms. The summed E-state index contributed by atoms with van der Waals surface area (Å²) in [5.74, 6) is 7.52. The number of methoxy groups -OCH3 is 3. The van der Waals surface area contributed by atoms with Crippen LogP contribution in [0.5, 0.6) is 0 Å². The van der Waals surface area contributed by atoms with Crippen molar-refractivity contribution >= 4 is 0 Å². The lowest BCUT2D eigenvalue weighted by Crippen LogP contribution is -2.44. The van der Waals surface area contributed by atoms with Crippen LogP contribution >= 0.6 is 0 Å². The van der Waals surface area contributed by atoms with Crippen molar-refractivity contribution in [2.24, 2.45) is 53.3 Å². The zero-order chi connectivity index (χ0) is 72.5. The van der Waals surface area contributed by atoms with Gasteiger partial charge in [0.15, 0.2) is 0 Å². The van der Waals surface area contributed by atoms with E-state index in [2.05, 4.69) is 124 Å². The molecule has 7 aliphatic heterocycles. The first-order chi connectivity index (χ1) is 48.1. The second-order valence-electron chi connectivity index (χ2n) is 31.6.